The predicted octanol–water partition coefficient (Wildman–Crippen LogP) is 3.93. The maximum atomic E-state index is 13.7. The molecule has 7 heteroatoms. The van der Waals surface area contributed by atoms with Crippen molar-refractivity contribution < 1.29 is 14.3 Å². The maximum Gasteiger partial charge on any atom is 0.338 e. The van der Waals surface area contributed by atoms with Gasteiger partial charge >= 0.3 is 5.97 Å². The van der Waals surface area contributed by atoms with Crippen LogP contribution in [0.3, 0.4) is 0 Å². The second kappa shape index (κ2) is 9.81. The molecular formula is C27H28N2O4S. The van der Waals surface area contributed by atoms with Gasteiger partial charge in [-0.05, 0) is 43.0 Å². The molecule has 0 radical (unpaired) electrons. The fourth-order valence-corrected chi connectivity index (χ4v) is 5.13. The number of aromatic nitrogens is 1. The molecule has 4 rings (SSSR count). The molecule has 0 fully saturated rings. The summed E-state index contributed by atoms with van der Waals surface area (Å²) in [7, 11) is 1.60. The fraction of sp³-hybridized carbons (Fsp3) is 0.296. The smallest absolute Gasteiger partial charge is 0.338 e. The number of hydrogen-bond donors (Lipinski definition) is 0. The summed E-state index contributed by atoms with van der Waals surface area (Å²) in [5, 5.41) is 0. The monoisotopic (exact) mass is 476 g/mol. The molecule has 1 atom stereocenters. The summed E-state index contributed by atoms with van der Waals surface area (Å²) in [6, 6.07) is 15.0. The van der Waals surface area contributed by atoms with Crippen LogP contribution in [0.1, 0.15) is 56.3 Å². The molecule has 6 nitrogen and oxygen atoms in total. The van der Waals surface area contributed by atoms with E-state index in [9.17, 15) is 9.59 Å². The van der Waals surface area contributed by atoms with Gasteiger partial charge in [0.25, 0.3) is 5.56 Å². The topological polar surface area (TPSA) is 69.9 Å². The molecule has 0 saturated carbocycles. The highest BCUT2D eigenvalue weighted by Crippen LogP contribution is 2.31. The van der Waals surface area contributed by atoms with Gasteiger partial charge < -0.3 is 9.47 Å². The molecule has 2 heterocycles. The van der Waals surface area contributed by atoms with E-state index in [2.05, 4.69) is 18.8 Å². The van der Waals surface area contributed by atoms with Crippen LogP contribution in [0.5, 0.6) is 5.75 Å². The van der Waals surface area contributed by atoms with E-state index >= 15 is 0 Å². The van der Waals surface area contributed by atoms with Gasteiger partial charge in [0, 0.05) is 5.56 Å². The third-order valence-corrected chi connectivity index (χ3v) is 6.84. The van der Waals surface area contributed by atoms with Crippen LogP contribution in [-0.2, 0) is 9.53 Å². The van der Waals surface area contributed by atoms with Crippen molar-refractivity contribution in [2.45, 2.75) is 39.7 Å². The molecule has 0 spiro atoms. The summed E-state index contributed by atoms with van der Waals surface area (Å²) in [5.41, 5.74) is 3.56. The van der Waals surface area contributed by atoms with Crippen molar-refractivity contribution in [1.82, 2.24) is 4.57 Å². The fourth-order valence-electron chi connectivity index (χ4n) is 4.10. The van der Waals surface area contributed by atoms with Gasteiger partial charge in [-0.2, -0.15) is 0 Å². The molecule has 0 bridgehead atoms. The van der Waals surface area contributed by atoms with Gasteiger partial charge in [-0.3, -0.25) is 9.36 Å². The number of ether oxygens (including phenoxy) is 2. The van der Waals surface area contributed by atoms with Gasteiger partial charge in [0.1, 0.15) is 5.75 Å². The molecule has 0 unspecified atom stereocenters. The lowest BCUT2D eigenvalue weighted by Gasteiger charge is -2.25. The normalized spacial score (nSPS) is 15.8. The van der Waals surface area contributed by atoms with Gasteiger partial charge in [0.2, 0.25) is 0 Å². The molecule has 1 aliphatic rings. The van der Waals surface area contributed by atoms with Crippen LogP contribution >= 0.6 is 11.3 Å². The number of rotatable bonds is 6. The van der Waals surface area contributed by atoms with E-state index in [1.165, 1.54) is 16.9 Å². The second-order valence-electron chi connectivity index (χ2n) is 8.37. The second-order valence-corrected chi connectivity index (χ2v) is 9.37. The van der Waals surface area contributed by atoms with Crippen LogP contribution in [0.4, 0.5) is 0 Å². The lowest BCUT2D eigenvalue weighted by molar-refractivity contribution is -0.139. The Morgan fingerprint density at radius 1 is 1.18 bits per heavy atom. The van der Waals surface area contributed by atoms with E-state index in [0.29, 0.717) is 32.3 Å². The Hall–Kier alpha value is -3.45. The number of benzene rings is 2. The molecular weight excluding hydrogens is 448 g/mol. The zero-order chi connectivity index (χ0) is 24.4. The van der Waals surface area contributed by atoms with E-state index in [0.717, 1.165) is 11.1 Å². The molecule has 0 aliphatic carbocycles. The first-order valence-corrected chi connectivity index (χ1v) is 12.1. The minimum atomic E-state index is -0.615. The van der Waals surface area contributed by atoms with Crippen LogP contribution in [0, 0.1) is 0 Å². The number of thiazole rings is 1. The number of allylic oxidation sites excluding steroid dienone is 1. The number of para-hydroxylation sites is 1. The van der Waals surface area contributed by atoms with E-state index < -0.39 is 12.0 Å². The molecule has 3 aromatic rings. The summed E-state index contributed by atoms with van der Waals surface area (Å²) in [4.78, 5) is 31.8. The molecule has 176 valence electrons. The lowest BCUT2D eigenvalue weighted by atomic mass is 9.93. The first-order chi connectivity index (χ1) is 16.3. The van der Waals surface area contributed by atoms with Gasteiger partial charge in [0.05, 0.1) is 35.6 Å². The average molecular weight is 477 g/mol. The molecule has 0 amide bonds. The quantitative estimate of drug-likeness (QED) is 0.506. The van der Waals surface area contributed by atoms with Gasteiger partial charge in [-0.15, -0.1) is 0 Å². The van der Waals surface area contributed by atoms with Crippen LogP contribution in [-0.4, -0.2) is 24.3 Å². The number of carbonyl (C=O) groups is 1. The van der Waals surface area contributed by atoms with Crippen molar-refractivity contribution in [2.24, 2.45) is 4.99 Å². The SMILES string of the molecule is CCOC(=O)C1=C(C)N=c2sc(=Cc3ccccc3OC)c(=O)n2[C@@H]1c1ccc(C(C)C)cc1. The predicted molar refractivity (Wildman–Crippen MR) is 134 cm³/mol. The molecule has 2 aromatic carbocycles. The molecule has 0 N–H and O–H groups in total. The van der Waals surface area contributed by atoms with Crippen LogP contribution in [0.15, 0.2) is 69.6 Å². The van der Waals surface area contributed by atoms with E-state index in [4.69, 9.17) is 9.47 Å². The van der Waals surface area contributed by atoms with Crippen molar-refractivity contribution in [2.75, 3.05) is 13.7 Å². The molecule has 1 aliphatic heterocycles. The van der Waals surface area contributed by atoms with E-state index in [1.54, 1.807) is 25.5 Å². The highest BCUT2D eigenvalue weighted by molar-refractivity contribution is 7.07. The highest BCUT2D eigenvalue weighted by Gasteiger charge is 2.33. The Kier molecular flexibility index (Phi) is 6.84. The Bertz CT molecular complexity index is 1430. The summed E-state index contributed by atoms with van der Waals surface area (Å²) < 4.78 is 12.9. The molecule has 1 aromatic heterocycles. The van der Waals surface area contributed by atoms with Gasteiger partial charge in [-0.25, -0.2) is 9.79 Å². The number of hydrogen-bond acceptors (Lipinski definition) is 6. The van der Waals surface area contributed by atoms with Crippen molar-refractivity contribution >= 4 is 23.4 Å². The number of esters is 1. The summed E-state index contributed by atoms with van der Waals surface area (Å²) in [6.07, 6.45) is 1.81. The lowest BCUT2D eigenvalue weighted by Crippen LogP contribution is -2.39. The minimum Gasteiger partial charge on any atom is -0.496 e. The number of fused-ring (bicyclic) bond motifs is 1. The molecule has 0 saturated heterocycles. The Morgan fingerprint density at radius 2 is 1.88 bits per heavy atom. The van der Waals surface area contributed by atoms with Crippen LogP contribution in [0.2, 0.25) is 0 Å². The minimum absolute atomic E-state index is 0.207. The van der Waals surface area contributed by atoms with Crippen molar-refractivity contribution in [3.63, 3.8) is 0 Å². The maximum absolute atomic E-state index is 13.7. The van der Waals surface area contributed by atoms with Crippen molar-refractivity contribution in [3.05, 3.63) is 96.2 Å². The number of nitrogens with zero attached hydrogens (tertiary/aromatic N) is 2. The standard InChI is InChI=1S/C27H28N2O4S/c1-6-33-26(31)23-17(4)28-27-29(24(23)19-13-11-18(12-14-19)16(2)3)25(30)22(34-27)15-20-9-7-8-10-21(20)32-5/h7-16,24H,6H2,1-5H3/t24-/m1/s1. The van der Waals surface area contributed by atoms with Crippen LogP contribution < -0.4 is 19.6 Å². The largest absolute Gasteiger partial charge is 0.496 e. The third kappa shape index (κ3) is 4.35. The van der Waals surface area contributed by atoms with Crippen molar-refractivity contribution in [1.29, 1.82) is 0 Å². The zero-order valence-electron chi connectivity index (χ0n) is 20.0. The first-order valence-electron chi connectivity index (χ1n) is 11.3. The molecule has 34 heavy (non-hydrogen) atoms. The van der Waals surface area contributed by atoms with Gasteiger partial charge in [0.15, 0.2) is 4.80 Å². The zero-order valence-corrected chi connectivity index (χ0v) is 20.8. The van der Waals surface area contributed by atoms with Crippen LogP contribution in [0.25, 0.3) is 6.08 Å². The highest BCUT2D eigenvalue weighted by atomic mass is 32.1. The average Bonchev–Trinajstić information content (AvgIpc) is 3.13. The Labute approximate surface area is 202 Å². The Balaban J connectivity index is 1.95. The van der Waals surface area contributed by atoms with Crippen molar-refractivity contribution in [3.8, 4) is 5.75 Å². The summed E-state index contributed by atoms with van der Waals surface area (Å²) >= 11 is 1.30. The summed E-state index contributed by atoms with van der Waals surface area (Å²) in [6.45, 7) is 8.06. The Morgan fingerprint density at radius 3 is 2.53 bits per heavy atom. The summed E-state index contributed by atoms with van der Waals surface area (Å²) in [5.74, 6) is 0.594. The van der Waals surface area contributed by atoms with E-state index in [1.807, 2.05) is 54.6 Å². The van der Waals surface area contributed by atoms with Gasteiger partial charge in [-0.1, -0.05) is 67.6 Å². The van der Waals surface area contributed by atoms with E-state index in [-0.39, 0.29) is 12.2 Å². The number of carbonyl (C=O) groups excluding carboxylic acids is 1. The third-order valence-electron chi connectivity index (χ3n) is 5.86. The number of methoxy groups -OCH3 is 1. The first kappa shape index (κ1) is 23.7.